The second-order valence-corrected chi connectivity index (χ2v) is 10.7. The molecule has 0 N–H and O–H groups in total. The van der Waals surface area contributed by atoms with Gasteiger partial charge in [-0.1, -0.05) is 109 Å². The molecule has 42 heavy (non-hydrogen) atoms. The Bertz CT molecular complexity index is 2710. The van der Waals surface area contributed by atoms with Crippen LogP contribution in [0.4, 0.5) is 0 Å². The fourth-order valence-electron chi connectivity index (χ4n) is 6.47. The molecule has 0 amide bonds. The monoisotopic (exact) mass is 539 g/mol. The highest BCUT2D eigenvalue weighted by Crippen LogP contribution is 2.40. The van der Waals surface area contributed by atoms with Gasteiger partial charge in [0, 0.05) is 32.9 Å². The first-order chi connectivity index (χ1) is 22.9. The van der Waals surface area contributed by atoms with E-state index in [-0.39, 0.29) is 29.7 Å². The number of aromatic nitrogens is 2. The number of hydrogen-bond donors (Lipinski definition) is 0. The van der Waals surface area contributed by atoms with Crippen molar-refractivity contribution in [3.63, 3.8) is 0 Å². The number of rotatable bonds is 3. The molecule has 7 aromatic carbocycles. The summed E-state index contributed by atoms with van der Waals surface area (Å²) in [6.45, 7) is 0. The molecule has 0 bridgehead atoms. The third-order valence-electron chi connectivity index (χ3n) is 8.37. The summed E-state index contributed by atoms with van der Waals surface area (Å²) in [6.07, 6.45) is 0. The van der Waals surface area contributed by atoms with E-state index in [2.05, 4.69) is 106 Å². The molecule has 0 radical (unpaired) electrons. The van der Waals surface area contributed by atoms with Gasteiger partial charge in [-0.05, 0) is 70.4 Å². The molecule has 9 aromatic rings. The summed E-state index contributed by atoms with van der Waals surface area (Å²) in [7, 11) is 0. The van der Waals surface area contributed by atoms with Crippen LogP contribution < -0.4 is 0 Å². The van der Waals surface area contributed by atoms with E-state index < -0.39 is 6.04 Å². The summed E-state index contributed by atoms with van der Waals surface area (Å²) in [6, 6.07) is 42.7. The summed E-state index contributed by atoms with van der Waals surface area (Å²) in [5, 5.41) is 7.04. The van der Waals surface area contributed by atoms with E-state index in [1.807, 2.05) is 30.3 Å². The zero-order valence-electron chi connectivity index (χ0n) is 27.5. The molecule has 2 aromatic heterocycles. The maximum Gasteiger partial charge on any atom is 0.0629 e. The van der Waals surface area contributed by atoms with Crippen LogP contribution in [0.3, 0.4) is 0 Å². The van der Waals surface area contributed by atoms with Crippen molar-refractivity contribution in [2.75, 3.05) is 0 Å². The van der Waals surface area contributed by atoms with Gasteiger partial charge in [-0.25, -0.2) is 0 Å². The van der Waals surface area contributed by atoms with Crippen LogP contribution in [0.1, 0.15) is 6.85 Å². The molecule has 9 rings (SSSR count). The van der Waals surface area contributed by atoms with Gasteiger partial charge in [-0.2, -0.15) is 0 Å². The molecule has 0 unspecified atom stereocenters. The quantitative estimate of drug-likeness (QED) is 0.211. The summed E-state index contributed by atoms with van der Waals surface area (Å²) in [4.78, 5) is 0. The van der Waals surface area contributed by atoms with Crippen molar-refractivity contribution in [2.45, 2.75) is 0 Å². The average Bonchev–Trinajstić information content (AvgIpc) is 3.61. The van der Waals surface area contributed by atoms with E-state index in [1.54, 1.807) is 0 Å². The zero-order valence-corrected chi connectivity index (χ0v) is 22.5. The first-order valence-corrected chi connectivity index (χ1v) is 14.0. The lowest BCUT2D eigenvalue weighted by Gasteiger charge is -2.11. The second kappa shape index (κ2) is 8.95. The average molecular weight is 540 g/mol. The van der Waals surface area contributed by atoms with E-state index in [0.29, 0.717) is 5.56 Å². The van der Waals surface area contributed by atoms with Gasteiger partial charge >= 0.3 is 0 Å². The van der Waals surface area contributed by atoms with Crippen molar-refractivity contribution in [2.24, 2.45) is 0 Å². The molecule has 0 saturated heterocycles. The molecule has 0 saturated carbocycles. The molecular formula is C40H26N2. The predicted molar refractivity (Wildman–Crippen MR) is 178 cm³/mol. The highest BCUT2D eigenvalue weighted by molar-refractivity contribution is 6.19. The third-order valence-corrected chi connectivity index (χ3v) is 8.37. The normalized spacial score (nSPS) is 13.5. The van der Waals surface area contributed by atoms with Gasteiger partial charge in [-0.15, -0.1) is 0 Å². The Morgan fingerprint density at radius 3 is 1.64 bits per heavy atom. The molecular weight excluding hydrogens is 508 g/mol. The molecule has 0 atom stereocenters. The van der Waals surface area contributed by atoms with Gasteiger partial charge < -0.3 is 9.13 Å². The standard InChI is InChI=1S/C40H26N2/c1-2-10-27(11-3-1)29-18-21-31(22-19-29)41-37-16-8-6-14-33(37)35-25-36-34-15-7-9-17-38(34)42(40(36)26-39(35)41)32-23-20-28-12-4-5-13-30(28)24-32/h1-26H/i1D,2D,3D,10D,11D. The van der Waals surface area contributed by atoms with E-state index in [4.69, 9.17) is 6.85 Å². The molecule has 0 aliphatic rings. The van der Waals surface area contributed by atoms with Gasteiger partial charge in [0.2, 0.25) is 0 Å². The highest BCUT2D eigenvalue weighted by Gasteiger charge is 2.18. The molecule has 2 heterocycles. The summed E-state index contributed by atoms with van der Waals surface area (Å²) >= 11 is 0. The van der Waals surface area contributed by atoms with Gasteiger partial charge in [-0.3, -0.25) is 0 Å². The maximum atomic E-state index is 8.46. The molecule has 0 aliphatic carbocycles. The Labute approximate surface area is 250 Å². The Morgan fingerprint density at radius 2 is 0.952 bits per heavy atom. The van der Waals surface area contributed by atoms with E-state index in [0.717, 1.165) is 44.2 Å². The minimum atomic E-state index is -0.391. The lowest BCUT2D eigenvalue weighted by atomic mass is 10.1. The van der Waals surface area contributed by atoms with Crippen molar-refractivity contribution in [1.29, 1.82) is 0 Å². The van der Waals surface area contributed by atoms with Crippen molar-refractivity contribution in [3.8, 4) is 22.5 Å². The Hall–Kier alpha value is -5.60. The lowest BCUT2D eigenvalue weighted by molar-refractivity contribution is 1.17. The molecule has 0 fully saturated rings. The summed E-state index contributed by atoms with van der Waals surface area (Å²) in [5.74, 6) is 0. The van der Waals surface area contributed by atoms with Crippen LogP contribution in [-0.4, -0.2) is 9.13 Å². The van der Waals surface area contributed by atoms with Gasteiger partial charge in [0.1, 0.15) is 0 Å². The van der Waals surface area contributed by atoms with Crippen LogP contribution in [0, 0.1) is 0 Å². The number of nitrogens with zero attached hydrogens (tertiary/aromatic N) is 2. The highest BCUT2D eigenvalue weighted by atomic mass is 15.0. The fourth-order valence-corrected chi connectivity index (χ4v) is 6.47. The predicted octanol–water partition coefficient (Wildman–Crippen LogP) is 10.7. The second-order valence-electron chi connectivity index (χ2n) is 10.7. The molecule has 0 spiro atoms. The topological polar surface area (TPSA) is 9.86 Å². The Kier molecular flexibility index (Phi) is 3.98. The largest absolute Gasteiger partial charge is 0.309 e. The minimum absolute atomic E-state index is 0.200. The third kappa shape index (κ3) is 3.39. The number of fused-ring (bicyclic) bond motifs is 7. The minimum Gasteiger partial charge on any atom is -0.309 e. The van der Waals surface area contributed by atoms with Crippen LogP contribution >= 0.6 is 0 Å². The van der Waals surface area contributed by atoms with Crippen molar-refractivity contribution >= 4 is 54.4 Å². The molecule has 0 aliphatic heterocycles. The first kappa shape index (κ1) is 18.7. The smallest absolute Gasteiger partial charge is 0.0629 e. The number of benzene rings is 7. The number of hydrogen-bond acceptors (Lipinski definition) is 0. The summed E-state index contributed by atoms with van der Waals surface area (Å²) in [5.41, 5.74) is 7.15. The van der Waals surface area contributed by atoms with Crippen LogP contribution in [0.25, 0.3) is 76.9 Å². The zero-order chi connectivity index (χ0) is 32.0. The lowest BCUT2D eigenvalue weighted by Crippen LogP contribution is -1.96. The van der Waals surface area contributed by atoms with E-state index >= 15 is 0 Å². The van der Waals surface area contributed by atoms with Crippen LogP contribution in [0.15, 0.2) is 158 Å². The Balaban J connectivity index is 1.31. The van der Waals surface area contributed by atoms with Crippen molar-refractivity contribution < 1.29 is 6.85 Å². The first-order valence-electron chi connectivity index (χ1n) is 16.5. The van der Waals surface area contributed by atoms with Crippen LogP contribution in [0.5, 0.6) is 0 Å². The van der Waals surface area contributed by atoms with Crippen LogP contribution in [-0.2, 0) is 0 Å². The maximum absolute atomic E-state index is 8.46. The summed E-state index contributed by atoms with van der Waals surface area (Å²) < 4.78 is 45.8. The Morgan fingerprint density at radius 1 is 0.381 bits per heavy atom. The molecule has 2 nitrogen and oxygen atoms in total. The van der Waals surface area contributed by atoms with Crippen molar-refractivity contribution in [1.82, 2.24) is 9.13 Å². The molecule has 2 heteroatoms. The SMILES string of the molecule is [2H]c1c([2H])c([2H])c(-c2ccc(-n3c4ccccc4c4cc5c6ccccc6n(-c6ccc7ccccc7c6)c5cc43)cc2)c([2H])c1[2H]. The molecule has 196 valence electrons. The fraction of sp³-hybridized carbons (Fsp3) is 0. The van der Waals surface area contributed by atoms with E-state index in [1.165, 1.54) is 21.5 Å². The van der Waals surface area contributed by atoms with E-state index in [9.17, 15) is 0 Å². The van der Waals surface area contributed by atoms with Crippen molar-refractivity contribution in [3.05, 3.63) is 158 Å². The van der Waals surface area contributed by atoms with Gasteiger partial charge in [0.15, 0.2) is 0 Å². The number of para-hydroxylation sites is 2. The van der Waals surface area contributed by atoms with Gasteiger partial charge in [0.05, 0.1) is 28.9 Å². The van der Waals surface area contributed by atoms with Crippen LogP contribution in [0.2, 0.25) is 0 Å². The van der Waals surface area contributed by atoms with Gasteiger partial charge in [0.25, 0.3) is 0 Å².